The Hall–Kier alpha value is 0.304. The zero-order valence-corrected chi connectivity index (χ0v) is 12.8. The summed E-state index contributed by atoms with van der Waals surface area (Å²) in [6.45, 7) is 6.64. The maximum Gasteiger partial charge on any atom is 0.0536 e. The third kappa shape index (κ3) is 55.4. The smallest absolute Gasteiger partial charge is 0.0536 e. The van der Waals surface area contributed by atoms with Crippen molar-refractivity contribution in [2.45, 2.75) is 65.0 Å². The predicted molar refractivity (Wildman–Crippen MR) is 64.8 cm³/mol. The number of rotatable bonds is 4. The molecule has 8 heteroatoms. The van der Waals surface area contributed by atoms with Crippen molar-refractivity contribution in [1.29, 1.82) is 0 Å². The Morgan fingerprint density at radius 3 is 0.722 bits per heavy atom. The van der Waals surface area contributed by atoms with Gasteiger partial charge in [-0.15, -0.1) is 0 Å². The van der Waals surface area contributed by atoms with E-state index in [1.807, 2.05) is 0 Å². The van der Waals surface area contributed by atoms with Gasteiger partial charge < -0.3 is 25.9 Å². The molecule has 7 nitrogen and oxygen atoms in total. The van der Waals surface area contributed by atoms with Crippen LogP contribution in [0.4, 0.5) is 0 Å². The van der Waals surface area contributed by atoms with Gasteiger partial charge in [0.25, 0.3) is 0 Å². The second-order valence-corrected chi connectivity index (χ2v) is 3.87. The Balaban J connectivity index is -0.0000000500. The average Bonchev–Trinajstić information content (AvgIpc) is 2.03. The largest absolute Gasteiger partial charge is 0.412 e. The summed E-state index contributed by atoms with van der Waals surface area (Å²) >= 11 is 0. The van der Waals surface area contributed by atoms with Crippen LogP contribution in [0.3, 0.4) is 0 Å². The summed E-state index contributed by atoms with van der Waals surface area (Å²) in [5.74, 6) is 0. The molecule has 0 spiro atoms. The molecule has 4 unspecified atom stereocenters. The molecule has 0 aliphatic heterocycles. The molecule has 0 fully saturated rings. The Bertz CT molecular complexity index is 94.8. The molecule has 0 saturated carbocycles. The van der Waals surface area contributed by atoms with E-state index in [0.29, 0.717) is 12.8 Å². The van der Waals surface area contributed by atoms with Gasteiger partial charge in [-0.05, 0) is 40.5 Å². The second-order valence-electron chi connectivity index (χ2n) is 3.87. The molecule has 115 valence electrons. The fraction of sp³-hybridized carbons (Fsp3) is 1.00. The molecule has 0 rings (SSSR count). The number of aliphatic hydroxyl groups is 4. The molecule has 0 aliphatic rings. The van der Waals surface area contributed by atoms with Crippen LogP contribution < -0.4 is 0 Å². The summed E-state index contributed by atoms with van der Waals surface area (Å²) in [6.07, 6.45) is -0.556. The molecule has 0 aromatic carbocycles. The van der Waals surface area contributed by atoms with Gasteiger partial charge in [0.15, 0.2) is 0 Å². The minimum Gasteiger partial charge on any atom is -0.412 e. The number of aliphatic hydroxyl groups excluding tert-OH is 4. The van der Waals surface area contributed by atoms with Crippen molar-refractivity contribution in [1.82, 2.24) is 0 Å². The van der Waals surface area contributed by atoms with Crippen LogP contribution in [0.15, 0.2) is 0 Å². The summed E-state index contributed by atoms with van der Waals surface area (Å²) in [5.41, 5.74) is 0. The fourth-order valence-corrected chi connectivity index (χ4v) is 0.987. The van der Waals surface area contributed by atoms with Gasteiger partial charge in [-0.25, -0.2) is 0 Å². The van der Waals surface area contributed by atoms with Gasteiger partial charge >= 0.3 is 0 Å². The first kappa shape index (κ1) is 31.0. The molecule has 0 heterocycles. The van der Waals surface area contributed by atoms with Crippen molar-refractivity contribution < 1.29 is 55.0 Å². The van der Waals surface area contributed by atoms with Crippen LogP contribution in [0.1, 0.15) is 40.5 Å². The van der Waals surface area contributed by atoms with Crippen LogP contribution in [-0.2, 0) is 18.6 Å². The van der Waals surface area contributed by atoms with E-state index in [0.717, 1.165) is 0 Å². The molecule has 0 bridgehead atoms. The predicted octanol–water partition coefficient (Wildman–Crippen LogP) is -0.534. The van der Waals surface area contributed by atoms with E-state index >= 15 is 0 Å². The zero-order chi connectivity index (χ0) is 13.7. The maximum absolute atomic E-state index is 8.56. The first-order valence-corrected chi connectivity index (χ1v) is 5.18. The zero-order valence-electron chi connectivity index (χ0n) is 11.4. The quantitative estimate of drug-likeness (QED) is 0.303. The Kier molecular flexibility index (Phi) is 38.7. The molecule has 0 saturated heterocycles. The SMILES string of the molecule is CC(O)CC(C)O.CC(O)CC(C)O.O.OO.[V]. The molecular weight excluding hydrogens is 283 g/mol. The van der Waals surface area contributed by atoms with Crippen LogP contribution >= 0.6 is 0 Å². The molecule has 1 radical (unpaired) electrons. The van der Waals surface area contributed by atoms with E-state index in [-0.39, 0.29) is 48.4 Å². The molecule has 0 amide bonds. The van der Waals surface area contributed by atoms with Gasteiger partial charge in [0.05, 0.1) is 24.4 Å². The monoisotopic (exact) mass is 311 g/mol. The summed E-state index contributed by atoms with van der Waals surface area (Å²) in [4.78, 5) is 0. The minimum atomic E-state index is -0.375. The third-order valence-electron chi connectivity index (χ3n) is 1.36. The van der Waals surface area contributed by atoms with Gasteiger partial charge in [0.1, 0.15) is 0 Å². The van der Waals surface area contributed by atoms with Crippen LogP contribution in [0.25, 0.3) is 0 Å². The van der Waals surface area contributed by atoms with Crippen molar-refractivity contribution >= 4 is 0 Å². The van der Waals surface area contributed by atoms with Crippen molar-refractivity contribution in [3.63, 3.8) is 0 Å². The van der Waals surface area contributed by atoms with Crippen molar-refractivity contribution in [3.8, 4) is 0 Å². The minimum absolute atomic E-state index is 0. The van der Waals surface area contributed by atoms with Crippen LogP contribution in [0.5, 0.6) is 0 Å². The maximum atomic E-state index is 8.56. The van der Waals surface area contributed by atoms with Gasteiger partial charge in [-0.2, -0.15) is 0 Å². The first-order chi connectivity index (χ1) is 7.25. The molecule has 4 atom stereocenters. The van der Waals surface area contributed by atoms with Gasteiger partial charge in [-0.1, -0.05) is 0 Å². The summed E-state index contributed by atoms with van der Waals surface area (Å²) < 4.78 is 0. The number of hydrogen-bond acceptors (Lipinski definition) is 6. The number of hydrogen-bond donors (Lipinski definition) is 6. The van der Waals surface area contributed by atoms with Crippen molar-refractivity contribution in [2.24, 2.45) is 0 Å². The van der Waals surface area contributed by atoms with E-state index in [1.54, 1.807) is 27.7 Å². The summed E-state index contributed by atoms with van der Waals surface area (Å²) in [7, 11) is 0. The normalized spacial score (nSPS) is 15.0. The van der Waals surface area contributed by atoms with E-state index in [2.05, 4.69) is 0 Å². The summed E-state index contributed by atoms with van der Waals surface area (Å²) in [6, 6.07) is 0. The Morgan fingerprint density at radius 1 is 0.611 bits per heavy atom. The second kappa shape index (κ2) is 22.5. The van der Waals surface area contributed by atoms with E-state index < -0.39 is 0 Å². The Morgan fingerprint density at radius 2 is 0.722 bits per heavy atom. The van der Waals surface area contributed by atoms with Crippen LogP contribution in [0, 0.1) is 0 Å². The van der Waals surface area contributed by atoms with Crippen LogP contribution in [-0.4, -0.2) is 60.8 Å². The standard InChI is InChI=1S/2C5H12O2.H2O2.H2O.V/c2*1-4(6)3-5(2)7;1-2;;/h2*4-7H,3H2,1-2H3;1-2H;1H2;. The topological polar surface area (TPSA) is 153 Å². The molecule has 0 aliphatic carbocycles. The first-order valence-electron chi connectivity index (χ1n) is 5.18. The van der Waals surface area contributed by atoms with Crippen LogP contribution in [0.2, 0.25) is 0 Å². The molecule has 0 aromatic rings. The van der Waals surface area contributed by atoms with E-state index in [4.69, 9.17) is 30.9 Å². The van der Waals surface area contributed by atoms with Gasteiger partial charge in [-0.3, -0.25) is 10.5 Å². The van der Waals surface area contributed by atoms with E-state index in [1.165, 1.54) is 0 Å². The fourth-order valence-electron chi connectivity index (χ4n) is 0.987. The molecule has 8 N–H and O–H groups in total. The summed E-state index contributed by atoms with van der Waals surface area (Å²) in [5, 5.41) is 46.3. The molecule has 0 aromatic heterocycles. The van der Waals surface area contributed by atoms with Crippen molar-refractivity contribution in [3.05, 3.63) is 0 Å². The van der Waals surface area contributed by atoms with Gasteiger partial charge in [0.2, 0.25) is 0 Å². The third-order valence-corrected chi connectivity index (χ3v) is 1.36. The molecule has 18 heavy (non-hydrogen) atoms. The Labute approximate surface area is 120 Å². The van der Waals surface area contributed by atoms with Crippen molar-refractivity contribution in [2.75, 3.05) is 0 Å². The van der Waals surface area contributed by atoms with Gasteiger partial charge in [0, 0.05) is 18.6 Å². The van der Waals surface area contributed by atoms with E-state index in [9.17, 15) is 0 Å². The average molecular weight is 311 g/mol. The molecular formula is C10H28O7V.